The summed E-state index contributed by atoms with van der Waals surface area (Å²) in [7, 11) is 0. The topological polar surface area (TPSA) is 114 Å². The fourth-order valence-corrected chi connectivity index (χ4v) is 4.08. The number of carbonyl (C=O) groups is 2. The number of hydrogen-bond acceptors (Lipinski definition) is 5. The number of aromatic amines is 1. The van der Waals surface area contributed by atoms with Gasteiger partial charge in [0.05, 0.1) is 23.0 Å². The maximum atomic E-state index is 14.6. The molecule has 1 saturated heterocycles. The van der Waals surface area contributed by atoms with E-state index in [0.717, 1.165) is 22.8 Å². The van der Waals surface area contributed by atoms with E-state index in [1.165, 1.54) is 23.1 Å². The molecule has 0 radical (unpaired) electrons. The molecule has 0 spiro atoms. The molecule has 0 aliphatic carbocycles. The minimum Gasteiger partial charge on any atom is -0.444 e. The molecular weight excluding hydrogens is 474 g/mol. The zero-order chi connectivity index (χ0) is 26.2. The van der Waals surface area contributed by atoms with Crippen LogP contribution in [0.15, 0.2) is 46.0 Å². The highest BCUT2D eigenvalue weighted by Crippen LogP contribution is 2.18. The molecule has 2 amide bonds. The van der Waals surface area contributed by atoms with Gasteiger partial charge in [0.15, 0.2) is 0 Å². The van der Waals surface area contributed by atoms with Crippen LogP contribution in [0.5, 0.6) is 0 Å². The number of likely N-dealkylation sites (tertiary alicyclic amines) is 1. The molecule has 1 aliphatic rings. The Morgan fingerprint density at radius 3 is 2.61 bits per heavy atom. The smallest absolute Gasteiger partial charge is 0.410 e. The SMILES string of the molecule is CC(C)(C)OC(=O)N1CCC(NC(=O)c2cc(Cn3c(=O)[nH]c(=O)c4ccc(F)cc43)ccc2F)C1. The van der Waals surface area contributed by atoms with Crippen molar-refractivity contribution in [1.29, 1.82) is 0 Å². The van der Waals surface area contributed by atoms with Crippen molar-refractivity contribution in [3.63, 3.8) is 0 Å². The molecule has 11 heteroatoms. The summed E-state index contributed by atoms with van der Waals surface area (Å²) in [4.78, 5) is 53.3. The van der Waals surface area contributed by atoms with E-state index in [2.05, 4.69) is 10.3 Å². The Kier molecular flexibility index (Phi) is 6.66. The lowest BCUT2D eigenvalue weighted by Crippen LogP contribution is -2.40. The van der Waals surface area contributed by atoms with Crippen molar-refractivity contribution in [1.82, 2.24) is 19.8 Å². The van der Waals surface area contributed by atoms with E-state index >= 15 is 0 Å². The summed E-state index contributed by atoms with van der Waals surface area (Å²) in [6.07, 6.45) is -0.00110. The van der Waals surface area contributed by atoms with Crippen molar-refractivity contribution < 1.29 is 23.1 Å². The second-order valence-corrected chi connectivity index (χ2v) is 9.71. The minimum absolute atomic E-state index is 0.0762. The van der Waals surface area contributed by atoms with Crippen LogP contribution in [0.4, 0.5) is 13.6 Å². The molecule has 2 heterocycles. The van der Waals surface area contributed by atoms with Gasteiger partial charge in [-0.15, -0.1) is 0 Å². The van der Waals surface area contributed by atoms with E-state index in [1.807, 2.05) is 0 Å². The predicted octanol–water partition coefficient (Wildman–Crippen LogP) is 2.76. The lowest BCUT2D eigenvalue weighted by molar-refractivity contribution is 0.0290. The largest absolute Gasteiger partial charge is 0.444 e. The summed E-state index contributed by atoms with van der Waals surface area (Å²) in [5.74, 6) is -2.06. The van der Waals surface area contributed by atoms with Crippen LogP contribution < -0.4 is 16.6 Å². The first-order valence-electron chi connectivity index (χ1n) is 11.4. The number of halogens is 2. The van der Waals surface area contributed by atoms with Crippen LogP contribution in [-0.2, 0) is 11.3 Å². The van der Waals surface area contributed by atoms with Crippen LogP contribution in [-0.4, -0.2) is 51.2 Å². The van der Waals surface area contributed by atoms with E-state index in [1.54, 1.807) is 20.8 Å². The van der Waals surface area contributed by atoms with Crippen LogP contribution in [0.2, 0.25) is 0 Å². The lowest BCUT2D eigenvalue weighted by Gasteiger charge is -2.24. The number of H-pyrrole nitrogens is 1. The lowest BCUT2D eigenvalue weighted by atomic mass is 10.1. The Labute approximate surface area is 204 Å². The monoisotopic (exact) mass is 500 g/mol. The Bertz CT molecular complexity index is 1460. The zero-order valence-corrected chi connectivity index (χ0v) is 20.1. The summed E-state index contributed by atoms with van der Waals surface area (Å²) in [6.45, 7) is 5.77. The fraction of sp³-hybridized carbons (Fsp3) is 0.360. The molecule has 1 aliphatic heterocycles. The van der Waals surface area contributed by atoms with Gasteiger partial charge < -0.3 is 15.0 Å². The molecule has 4 rings (SSSR count). The second kappa shape index (κ2) is 9.56. The Hall–Kier alpha value is -4.02. The highest BCUT2D eigenvalue weighted by molar-refractivity contribution is 5.95. The number of fused-ring (bicyclic) bond motifs is 1. The van der Waals surface area contributed by atoms with Crippen molar-refractivity contribution in [2.24, 2.45) is 0 Å². The fourth-order valence-electron chi connectivity index (χ4n) is 4.08. The number of nitrogens with zero attached hydrogens (tertiary/aromatic N) is 2. The molecule has 1 unspecified atom stereocenters. The van der Waals surface area contributed by atoms with Gasteiger partial charge in [-0.2, -0.15) is 0 Å². The maximum Gasteiger partial charge on any atom is 0.410 e. The Morgan fingerprint density at radius 1 is 1.14 bits per heavy atom. The van der Waals surface area contributed by atoms with Gasteiger partial charge >= 0.3 is 11.8 Å². The first-order valence-corrected chi connectivity index (χ1v) is 11.4. The van der Waals surface area contributed by atoms with E-state index in [0.29, 0.717) is 18.5 Å². The van der Waals surface area contributed by atoms with Crippen molar-refractivity contribution >= 4 is 22.9 Å². The third-order valence-corrected chi connectivity index (χ3v) is 5.75. The molecule has 2 aromatic carbocycles. The van der Waals surface area contributed by atoms with Gasteiger partial charge in [0.25, 0.3) is 11.5 Å². The average molecular weight is 501 g/mol. The molecule has 190 valence electrons. The third kappa shape index (κ3) is 5.45. The molecule has 3 aromatic rings. The van der Waals surface area contributed by atoms with Crippen molar-refractivity contribution in [3.8, 4) is 0 Å². The van der Waals surface area contributed by atoms with E-state index in [9.17, 15) is 28.0 Å². The predicted molar refractivity (Wildman–Crippen MR) is 128 cm³/mol. The van der Waals surface area contributed by atoms with Crippen LogP contribution in [0.25, 0.3) is 10.9 Å². The molecule has 2 N–H and O–H groups in total. The number of amides is 2. The van der Waals surface area contributed by atoms with Gasteiger partial charge in [-0.1, -0.05) is 6.07 Å². The van der Waals surface area contributed by atoms with Gasteiger partial charge in [0.1, 0.15) is 17.2 Å². The van der Waals surface area contributed by atoms with Crippen molar-refractivity contribution in [2.45, 2.75) is 45.4 Å². The minimum atomic E-state index is -0.762. The Morgan fingerprint density at radius 2 is 1.89 bits per heavy atom. The van der Waals surface area contributed by atoms with Crippen LogP contribution >= 0.6 is 0 Å². The summed E-state index contributed by atoms with van der Waals surface area (Å²) in [6, 6.07) is 6.86. The Balaban J connectivity index is 1.52. The molecule has 0 bridgehead atoms. The van der Waals surface area contributed by atoms with Gasteiger partial charge in [-0.25, -0.2) is 18.4 Å². The maximum absolute atomic E-state index is 14.6. The summed E-state index contributed by atoms with van der Waals surface area (Å²) < 4.78 is 34.9. The van der Waals surface area contributed by atoms with Crippen molar-refractivity contribution in [3.05, 3.63) is 80.0 Å². The molecular formula is C25H26F2N4O5. The summed E-state index contributed by atoms with van der Waals surface area (Å²) in [5, 5.41) is 2.85. The number of ether oxygens (including phenoxy) is 1. The highest BCUT2D eigenvalue weighted by atomic mass is 19.1. The number of aromatic nitrogens is 2. The quantitative estimate of drug-likeness (QED) is 0.572. The summed E-state index contributed by atoms with van der Waals surface area (Å²) >= 11 is 0. The standard InChI is InChI=1S/C25H26F2N4O5/c1-25(2,3)36-24(35)30-9-8-16(13-30)28-22(33)18-10-14(4-7-19(18)27)12-31-20-11-15(26)5-6-17(20)21(32)29-23(31)34/h4-7,10-11,16H,8-9,12-13H2,1-3H3,(H,28,33)(H,29,32,34). The number of rotatable bonds is 4. The van der Waals surface area contributed by atoms with Crippen molar-refractivity contribution in [2.75, 3.05) is 13.1 Å². The number of nitrogens with one attached hydrogen (secondary N) is 2. The number of hydrogen-bond donors (Lipinski definition) is 2. The van der Waals surface area contributed by atoms with Crippen LogP contribution in [0.1, 0.15) is 43.1 Å². The van der Waals surface area contributed by atoms with Gasteiger partial charge in [-0.3, -0.25) is 19.1 Å². The molecule has 0 saturated carbocycles. The summed E-state index contributed by atoms with van der Waals surface area (Å²) in [5.41, 5.74) is -1.83. The first-order chi connectivity index (χ1) is 16.9. The van der Waals surface area contributed by atoms with E-state index in [-0.39, 0.29) is 35.6 Å². The number of carbonyl (C=O) groups excluding carboxylic acids is 2. The number of benzene rings is 2. The van der Waals surface area contributed by atoms with Gasteiger partial charge in [-0.05, 0) is 63.1 Å². The first kappa shape index (κ1) is 25.1. The molecule has 9 nitrogen and oxygen atoms in total. The zero-order valence-electron chi connectivity index (χ0n) is 20.1. The molecule has 1 aromatic heterocycles. The molecule has 1 atom stereocenters. The highest BCUT2D eigenvalue weighted by Gasteiger charge is 2.31. The second-order valence-electron chi connectivity index (χ2n) is 9.71. The average Bonchev–Trinajstić information content (AvgIpc) is 3.25. The molecule has 1 fully saturated rings. The van der Waals surface area contributed by atoms with Crippen LogP contribution in [0, 0.1) is 11.6 Å². The van der Waals surface area contributed by atoms with E-state index < -0.39 is 40.5 Å². The van der Waals surface area contributed by atoms with E-state index in [4.69, 9.17) is 4.74 Å². The third-order valence-electron chi connectivity index (χ3n) is 5.75. The van der Waals surface area contributed by atoms with Gasteiger partial charge in [0, 0.05) is 19.1 Å². The molecule has 36 heavy (non-hydrogen) atoms. The van der Waals surface area contributed by atoms with Gasteiger partial charge in [0.2, 0.25) is 0 Å². The van der Waals surface area contributed by atoms with Crippen LogP contribution in [0.3, 0.4) is 0 Å². The normalized spacial score (nSPS) is 15.8.